The first-order valence-electron chi connectivity index (χ1n) is 12.9. The summed E-state index contributed by atoms with van der Waals surface area (Å²) in [5.74, 6) is 0. The standard InChI is InChI=1S/C14H26O4.C12H23FO3/c1-8(2)15-7-14-11(6)17-12(10(5)18-14)13(14)16-9(3)4;1-7(2)14-6-10-12(15-8(3)4)11(13)9(5)16-10/h8-13H,7H2,1-6H3;7-12H,6H2,1-5H3/t10-,11-,12-,13-,14-;9-,10+,11+,12+/m00/s1. The van der Waals surface area contributed by atoms with Crippen LogP contribution >= 0.6 is 0 Å². The van der Waals surface area contributed by atoms with Crippen molar-refractivity contribution in [2.75, 3.05) is 13.2 Å². The molecule has 7 nitrogen and oxygen atoms in total. The van der Waals surface area contributed by atoms with Gasteiger partial charge in [-0.3, -0.25) is 0 Å². The van der Waals surface area contributed by atoms with Gasteiger partial charge in [0.1, 0.15) is 30.0 Å². The van der Waals surface area contributed by atoms with Gasteiger partial charge in [-0.25, -0.2) is 4.39 Å². The van der Waals surface area contributed by atoms with Gasteiger partial charge in [-0.1, -0.05) is 0 Å². The molecular weight excluding hydrogens is 443 g/mol. The van der Waals surface area contributed by atoms with Gasteiger partial charge in [-0.2, -0.15) is 0 Å². The number of halogens is 1. The molecule has 8 heteroatoms. The van der Waals surface area contributed by atoms with E-state index in [1.165, 1.54) is 0 Å². The van der Waals surface area contributed by atoms with Gasteiger partial charge in [0.25, 0.3) is 0 Å². The van der Waals surface area contributed by atoms with Gasteiger partial charge in [0.2, 0.25) is 0 Å². The van der Waals surface area contributed by atoms with Gasteiger partial charge in [0, 0.05) is 0 Å². The third-order valence-corrected chi connectivity index (χ3v) is 6.30. The van der Waals surface area contributed by atoms with E-state index in [9.17, 15) is 4.39 Å². The molecule has 0 radical (unpaired) electrons. The number of fused-ring (bicyclic) bond motifs is 2. The molecule has 0 spiro atoms. The van der Waals surface area contributed by atoms with Gasteiger partial charge in [-0.15, -0.1) is 0 Å². The van der Waals surface area contributed by atoms with E-state index in [0.29, 0.717) is 13.2 Å². The maximum Gasteiger partial charge on any atom is 0.155 e. The number of ether oxygens (including phenoxy) is 7. The fraction of sp³-hybridized carbons (Fsp3) is 1.00. The Hall–Kier alpha value is -0.350. The van der Waals surface area contributed by atoms with Crippen molar-refractivity contribution in [2.45, 2.75) is 155 Å². The Morgan fingerprint density at radius 3 is 1.88 bits per heavy atom. The lowest BCUT2D eigenvalue weighted by molar-refractivity contribution is -0.204. The van der Waals surface area contributed by atoms with Crippen LogP contribution in [0.2, 0.25) is 0 Å². The fourth-order valence-electron chi connectivity index (χ4n) is 4.68. The molecule has 0 aliphatic carbocycles. The Morgan fingerprint density at radius 1 is 0.765 bits per heavy atom. The molecule has 202 valence electrons. The minimum absolute atomic E-state index is 0.00120. The summed E-state index contributed by atoms with van der Waals surface area (Å²) >= 11 is 0. The van der Waals surface area contributed by atoms with Gasteiger partial charge < -0.3 is 33.2 Å². The van der Waals surface area contributed by atoms with Gasteiger partial charge in [-0.05, 0) is 76.2 Å². The van der Waals surface area contributed by atoms with Crippen LogP contribution in [0.4, 0.5) is 4.39 Å². The van der Waals surface area contributed by atoms with E-state index in [4.69, 9.17) is 33.2 Å². The summed E-state index contributed by atoms with van der Waals surface area (Å²) in [6.07, 6.45) is -1.72. The number of hydrogen-bond donors (Lipinski definition) is 0. The highest BCUT2D eigenvalue weighted by Gasteiger charge is 2.65. The predicted molar refractivity (Wildman–Crippen MR) is 129 cm³/mol. The first-order valence-corrected chi connectivity index (χ1v) is 12.9. The first kappa shape index (κ1) is 29.9. The molecule has 3 aliphatic rings. The minimum atomic E-state index is -1.07. The van der Waals surface area contributed by atoms with Crippen molar-refractivity contribution >= 4 is 0 Å². The van der Waals surface area contributed by atoms with Crippen LogP contribution in [0.5, 0.6) is 0 Å². The number of alkyl halides is 1. The van der Waals surface area contributed by atoms with Crippen LogP contribution in [-0.4, -0.2) is 92.1 Å². The monoisotopic (exact) mass is 492 g/mol. The number of hydrogen-bond acceptors (Lipinski definition) is 7. The average Bonchev–Trinajstić information content (AvgIpc) is 3.24. The number of rotatable bonds is 10. The summed E-state index contributed by atoms with van der Waals surface area (Å²) in [4.78, 5) is 0. The molecule has 3 saturated heterocycles. The van der Waals surface area contributed by atoms with Gasteiger partial charge >= 0.3 is 0 Å². The lowest BCUT2D eigenvalue weighted by Crippen LogP contribution is -2.52. The summed E-state index contributed by atoms with van der Waals surface area (Å²) in [5, 5.41) is 0. The van der Waals surface area contributed by atoms with Crippen molar-refractivity contribution in [1.29, 1.82) is 0 Å². The molecule has 34 heavy (non-hydrogen) atoms. The van der Waals surface area contributed by atoms with Crippen LogP contribution in [0, 0.1) is 0 Å². The Balaban J connectivity index is 0.000000242. The fourth-order valence-corrected chi connectivity index (χ4v) is 4.68. The van der Waals surface area contributed by atoms with E-state index in [0.717, 1.165) is 0 Å². The quantitative estimate of drug-likeness (QED) is 0.445. The lowest BCUT2D eigenvalue weighted by atomic mass is 9.93. The molecule has 0 amide bonds. The average molecular weight is 493 g/mol. The molecule has 3 rings (SSSR count). The largest absolute Gasteiger partial charge is 0.376 e. The molecule has 9 atom stereocenters. The second kappa shape index (κ2) is 12.7. The Morgan fingerprint density at radius 2 is 1.35 bits per heavy atom. The molecular formula is C26H49FO7. The Kier molecular flexibility index (Phi) is 11.2. The molecule has 3 fully saturated rings. The Labute approximate surface area is 206 Å². The summed E-state index contributed by atoms with van der Waals surface area (Å²) < 4.78 is 54.3. The third-order valence-electron chi connectivity index (χ3n) is 6.30. The molecule has 0 N–H and O–H groups in total. The van der Waals surface area contributed by atoms with E-state index >= 15 is 0 Å². The van der Waals surface area contributed by atoms with Crippen LogP contribution in [-0.2, 0) is 33.2 Å². The predicted octanol–water partition coefficient (Wildman–Crippen LogP) is 4.48. The highest BCUT2D eigenvalue weighted by Crippen LogP contribution is 2.46. The van der Waals surface area contributed by atoms with E-state index in [-0.39, 0.29) is 54.9 Å². The molecule has 0 aromatic rings. The second-order valence-corrected chi connectivity index (χ2v) is 10.8. The molecule has 3 heterocycles. The molecule has 2 bridgehead atoms. The Bertz CT molecular complexity index is 602. The topological polar surface area (TPSA) is 64.6 Å². The van der Waals surface area contributed by atoms with E-state index in [2.05, 4.69) is 0 Å². The molecule has 0 aromatic heterocycles. The SMILES string of the molecule is CC(C)OC[C@H]1O[C@@H](C)[C@@H](F)[C@@H]1OC(C)C.CC(C)OC[C@]12O[C@@H](C)[C@H](O[C@H]1C)[C@@H]2OC(C)C. The molecule has 3 aliphatic heterocycles. The maximum absolute atomic E-state index is 13.8. The van der Waals surface area contributed by atoms with Crippen molar-refractivity contribution in [2.24, 2.45) is 0 Å². The zero-order valence-corrected chi connectivity index (χ0v) is 23.1. The smallest absolute Gasteiger partial charge is 0.155 e. The summed E-state index contributed by atoms with van der Waals surface area (Å²) in [7, 11) is 0. The summed E-state index contributed by atoms with van der Waals surface area (Å²) in [5.41, 5.74) is -0.446. The lowest BCUT2D eigenvalue weighted by Gasteiger charge is -2.36. The van der Waals surface area contributed by atoms with E-state index < -0.39 is 24.0 Å². The van der Waals surface area contributed by atoms with Gasteiger partial charge in [0.15, 0.2) is 6.17 Å². The van der Waals surface area contributed by atoms with Crippen molar-refractivity contribution in [3.63, 3.8) is 0 Å². The minimum Gasteiger partial charge on any atom is -0.376 e. The highest BCUT2D eigenvalue weighted by molar-refractivity contribution is 5.12. The third kappa shape index (κ3) is 7.34. The van der Waals surface area contributed by atoms with Crippen molar-refractivity contribution in [3.05, 3.63) is 0 Å². The van der Waals surface area contributed by atoms with E-state index in [1.807, 2.05) is 69.2 Å². The maximum atomic E-state index is 13.8. The summed E-state index contributed by atoms with van der Waals surface area (Å²) in [6, 6.07) is 0. The first-order chi connectivity index (χ1) is 15.8. The molecule has 0 aromatic carbocycles. The van der Waals surface area contributed by atoms with Crippen LogP contribution < -0.4 is 0 Å². The normalized spacial score (nSPS) is 39.5. The van der Waals surface area contributed by atoms with Crippen molar-refractivity contribution in [3.8, 4) is 0 Å². The molecule has 0 saturated carbocycles. The van der Waals surface area contributed by atoms with Crippen LogP contribution in [0.3, 0.4) is 0 Å². The van der Waals surface area contributed by atoms with Crippen LogP contribution in [0.15, 0.2) is 0 Å². The highest BCUT2D eigenvalue weighted by atomic mass is 19.1. The van der Waals surface area contributed by atoms with Gasteiger partial charge in [0.05, 0.1) is 55.9 Å². The van der Waals surface area contributed by atoms with Crippen LogP contribution in [0.1, 0.15) is 76.2 Å². The van der Waals surface area contributed by atoms with Crippen LogP contribution in [0.25, 0.3) is 0 Å². The van der Waals surface area contributed by atoms with E-state index in [1.54, 1.807) is 6.92 Å². The molecule has 0 unspecified atom stereocenters. The summed E-state index contributed by atoms with van der Waals surface area (Å²) in [6.45, 7) is 22.6. The van der Waals surface area contributed by atoms with Crippen molar-refractivity contribution < 1.29 is 37.5 Å². The zero-order valence-electron chi connectivity index (χ0n) is 23.1. The zero-order chi connectivity index (χ0) is 25.8. The second-order valence-electron chi connectivity index (χ2n) is 10.8. The van der Waals surface area contributed by atoms with Crippen molar-refractivity contribution in [1.82, 2.24) is 0 Å².